The summed E-state index contributed by atoms with van der Waals surface area (Å²) in [5, 5.41) is 29.8. The molecule has 1 heterocycles. The van der Waals surface area contributed by atoms with E-state index in [2.05, 4.69) is 27.7 Å². The standard InChI is InChI=1S/C13H12N6S/c14-8-4-5-11(9-15)10-20-13-16-17-18-19(13)12-6-2-1-3-7-12/h1-3,6-7,11H,4-5,10H2/t11-/m0/s1. The van der Waals surface area contributed by atoms with Gasteiger partial charge in [-0.2, -0.15) is 15.2 Å². The van der Waals surface area contributed by atoms with E-state index >= 15 is 0 Å². The van der Waals surface area contributed by atoms with Crippen LogP contribution in [0.3, 0.4) is 0 Å². The van der Waals surface area contributed by atoms with Crippen LogP contribution >= 0.6 is 11.8 Å². The largest absolute Gasteiger partial charge is 0.214 e. The third-order valence-electron chi connectivity index (χ3n) is 2.64. The molecule has 0 aliphatic carbocycles. The van der Waals surface area contributed by atoms with Crippen LogP contribution in [0, 0.1) is 28.6 Å². The summed E-state index contributed by atoms with van der Waals surface area (Å²) in [5.41, 5.74) is 0.880. The van der Waals surface area contributed by atoms with Gasteiger partial charge in [-0.15, -0.1) is 5.10 Å². The highest BCUT2D eigenvalue weighted by Gasteiger charge is 2.13. The number of nitrogens with zero attached hydrogens (tertiary/aromatic N) is 6. The van der Waals surface area contributed by atoms with E-state index in [0.29, 0.717) is 23.8 Å². The van der Waals surface area contributed by atoms with Gasteiger partial charge in [-0.05, 0) is 29.0 Å². The van der Waals surface area contributed by atoms with Crippen LogP contribution in [0.1, 0.15) is 12.8 Å². The highest BCUT2D eigenvalue weighted by Crippen LogP contribution is 2.22. The number of hydrogen-bond donors (Lipinski definition) is 0. The molecule has 0 spiro atoms. The van der Waals surface area contributed by atoms with E-state index in [0.717, 1.165) is 5.69 Å². The lowest BCUT2D eigenvalue weighted by Gasteiger charge is -2.06. The van der Waals surface area contributed by atoms with E-state index in [4.69, 9.17) is 10.5 Å². The minimum absolute atomic E-state index is 0.166. The number of benzene rings is 1. The second kappa shape index (κ2) is 7.27. The summed E-state index contributed by atoms with van der Waals surface area (Å²) >= 11 is 1.43. The first-order chi connectivity index (χ1) is 9.85. The molecule has 6 nitrogen and oxygen atoms in total. The Balaban J connectivity index is 2.03. The van der Waals surface area contributed by atoms with Crippen LogP contribution in [0.4, 0.5) is 0 Å². The van der Waals surface area contributed by atoms with Crippen LogP contribution in [0.5, 0.6) is 0 Å². The third-order valence-corrected chi connectivity index (χ3v) is 3.72. The molecule has 0 amide bonds. The van der Waals surface area contributed by atoms with Gasteiger partial charge in [-0.25, -0.2) is 0 Å². The molecule has 0 fully saturated rings. The van der Waals surface area contributed by atoms with Crippen LogP contribution in [0.15, 0.2) is 35.5 Å². The second-order valence-electron chi connectivity index (χ2n) is 4.04. The normalized spacial score (nSPS) is 11.5. The fraction of sp³-hybridized carbons (Fsp3) is 0.308. The van der Waals surface area contributed by atoms with Crippen LogP contribution in [0.2, 0.25) is 0 Å². The van der Waals surface area contributed by atoms with Crippen molar-refractivity contribution >= 4 is 11.8 Å². The molecule has 0 aliphatic heterocycles. The van der Waals surface area contributed by atoms with Crippen molar-refractivity contribution in [1.29, 1.82) is 10.5 Å². The minimum Gasteiger partial charge on any atom is -0.198 e. The van der Waals surface area contributed by atoms with E-state index in [1.807, 2.05) is 30.3 Å². The van der Waals surface area contributed by atoms with Crippen molar-refractivity contribution in [1.82, 2.24) is 20.2 Å². The van der Waals surface area contributed by atoms with Gasteiger partial charge < -0.3 is 0 Å². The van der Waals surface area contributed by atoms with Gasteiger partial charge in [0.1, 0.15) is 0 Å². The number of tetrazole rings is 1. The van der Waals surface area contributed by atoms with E-state index in [-0.39, 0.29) is 5.92 Å². The lowest BCUT2D eigenvalue weighted by Crippen LogP contribution is -2.03. The highest BCUT2D eigenvalue weighted by molar-refractivity contribution is 7.99. The molecule has 100 valence electrons. The molecule has 0 N–H and O–H groups in total. The monoisotopic (exact) mass is 284 g/mol. The summed E-state index contributed by atoms with van der Waals surface area (Å²) in [4.78, 5) is 0. The van der Waals surface area contributed by atoms with Crippen molar-refractivity contribution < 1.29 is 0 Å². The van der Waals surface area contributed by atoms with Crippen molar-refractivity contribution in [2.75, 3.05) is 5.75 Å². The first-order valence-corrected chi connectivity index (χ1v) is 7.07. The molecule has 0 aliphatic rings. The molecule has 0 unspecified atom stereocenters. The molecular weight excluding hydrogens is 272 g/mol. The molecule has 7 heteroatoms. The Morgan fingerprint density at radius 2 is 2.05 bits per heavy atom. The van der Waals surface area contributed by atoms with Gasteiger partial charge in [0, 0.05) is 12.2 Å². The molecule has 0 saturated heterocycles. The summed E-state index contributed by atoms with van der Waals surface area (Å²) < 4.78 is 1.64. The average Bonchev–Trinajstić information content (AvgIpc) is 2.97. The third kappa shape index (κ3) is 3.56. The molecule has 1 aromatic carbocycles. The molecule has 1 aromatic heterocycles. The topological polar surface area (TPSA) is 91.2 Å². The zero-order valence-electron chi connectivity index (χ0n) is 10.7. The molecule has 1 atom stereocenters. The first kappa shape index (κ1) is 14.0. The van der Waals surface area contributed by atoms with E-state index in [9.17, 15) is 0 Å². The minimum atomic E-state index is -0.166. The van der Waals surface area contributed by atoms with Crippen molar-refractivity contribution in [3.05, 3.63) is 30.3 Å². The number of para-hydroxylation sites is 1. The zero-order chi connectivity index (χ0) is 14.2. The summed E-state index contributed by atoms with van der Waals surface area (Å²) in [5.74, 6) is 0.409. The number of rotatable bonds is 6. The predicted molar refractivity (Wildman–Crippen MR) is 73.8 cm³/mol. The Morgan fingerprint density at radius 3 is 2.75 bits per heavy atom. The van der Waals surface area contributed by atoms with Gasteiger partial charge in [0.05, 0.1) is 23.7 Å². The highest BCUT2D eigenvalue weighted by atomic mass is 32.2. The van der Waals surface area contributed by atoms with Gasteiger partial charge in [0.2, 0.25) is 5.16 Å². The van der Waals surface area contributed by atoms with Crippen LogP contribution in [-0.2, 0) is 0 Å². The number of aromatic nitrogens is 4. The molecule has 2 aromatic rings. The number of hydrogen-bond acceptors (Lipinski definition) is 6. The molecule has 0 bridgehead atoms. The van der Waals surface area contributed by atoms with E-state index < -0.39 is 0 Å². The Labute approximate surface area is 121 Å². The molecule has 0 radical (unpaired) electrons. The SMILES string of the molecule is N#CCC[C@@H](C#N)CSc1nnnn1-c1ccccc1. The molecule has 20 heavy (non-hydrogen) atoms. The Kier molecular flexibility index (Phi) is 5.10. The number of nitriles is 2. The molecular formula is C13H12N6S. The van der Waals surface area contributed by atoms with Gasteiger partial charge in [0.25, 0.3) is 0 Å². The summed E-state index contributed by atoms with van der Waals surface area (Å²) in [6, 6.07) is 13.8. The van der Waals surface area contributed by atoms with E-state index in [1.165, 1.54) is 11.8 Å². The van der Waals surface area contributed by atoms with Crippen molar-refractivity contribution in [2.24, 2.45) is 5.92 Å². The maximum atomic E-state index is 9.04. The first-order valence-electron chi connectivity index (χ1n) is 6.08. The average molecular weight is 284 g/mol. The molecule has 0 saturated carbocycles. The van der Waals surface area contributed by atoms with Gasteiger partial charge in [-0.3, -0.25) is 0 Å². The lowest BCUT2D eigenvalue weighted by molar-refractivity contribution is 0.682. The quantitative estimate of drug-likeness (QED) is 0.755. The fourth-order valence-corrected chi connectivity index (χ4v) is 2.55. The van der Waals surface area contributed by atoms with Crippen molar-refractivity contribution in [3.8, 4) is 17.8 Å². The van der Waals surface area contributed by atoms with Gasteiger partial charge in [-0.1, -0.05) is 30.0 Å². The number of thioether (sulfide) groups is 1. The zero-order valence-corrected chi connectivity index (χ0v) is 11.5. The van der Waals surface area contributed by atoms with Gasteiger partial charge >= 0.3 is 0 Å². The van der Waals surface area contributed by atoms with Crippen LogP contribution < -0.4 is 0 Å². The second-order valence-corrected chi connectivity index (χ2v) is 5.03. The fourth-order valence-electron chi connectivity index (χ4n) is 1.60. The Hall–Kier alpha value is -2.38. The summed E-state index contributed by atoms with van der Waals surface area (Å²) in [6.07, 6.45) is 0.968. The van der Waals surface area contributed by atoms with Crippen LogP contribution in [0.25, 0.3) is 5.69 Å². The maximum absolute atomic E-state index is 9.04. The van der Waals surface area contributed by atoms with E-state index in [1.54, 1.807) is 4.68 Å². The Morgan fingerprint density at radius 1 is 1.25 bits per heavy atom. The van der Waals surface area contributed by atoms with Crippen LogP contribution in [-0.4, -0.2) is 26.0 Å². The molecule has 2 rings (SSSR count). The van der Waals surface area contributed by atoms with Gasteiger partial charge in [0.15, 0.2) is 0 Å². The summed E-state index contributed by atoms with van der Waals surface area (Å²) in [6.45, 7) is 0. The summed E-state index contributed by atoms with van der Waals surface area (Å²) in [7, 11) is 0. The predicted octanol–water partition coefficient (Wildman–Crippen LogP) is 2.20. The maximum Gasteiger partial charge on any atom is 0.214 e. The Bertz CT molecular complexity index is 624. The smallest absolute Gasteiger partial charge is 0.198 e. The van der Waals surface area contributed by atoms with Crippen molar-refractivity contribution in [3.63, 3.8) is 0 Å². The lowest BCUT2D eigenvalue weighted by atomic mass is 10.1. The van der Waals surface area contributed by atoms with Crippen molar-refractivity contribution in [2.45, 2.75) is 18.0 Å².